The first-order valence-electron chi connectivity index (χ1n) is 5.29. The highest BCUT2D eigenvalue weighted by atomic mass is 32.2. The third kappa shape index (κ3) is 3.74. The van der Waals surface area contributed by atoms with Gasteiger partial charge < -0.3 is 10.2 Å². The molecule has 1 heterocycles. The Bertz CT molecular complexity index is 246. The van der Waals surface area contributed by atoms with Crippen molar-refractivity contribution < 1.29 is 9.59 Å². The van der Waals surface area contributed by atoms with Crippen LogP contribution in [0.25, 0.3) is 0 Å². The number of hydrogen-bond acceptors (Lipinski definition) is 3. The standard InChI is InChI=1S/C10H18N2O2S/c1-3-15-5-4-12-8(2)6-9(13)11-7-10(12)14/h8H,3-7H2,1-2H3,(H,11,13). The first-order valence-corrected chi connectivity index (χ1v) is 6.44. The number of hydrogen-bond donors (Lipinski definition) is 1. The molecule has 4 nitrogen and oxygen atoms in total. The lowest BCUT2D eigenvalue weighted by molar-refractivity contribution is -0.131. The second kappa shape index (κ2) is 6.00. The number of carbonyl (C=O) groups is 2. The summed E-state index contributed by atoms with van der Waals surface area (Å²) >= 11 is 1.81. The van der Waals surface area contributed by atoms with Crippen LogP contribution in [0.5, 0.6) is 0 Å². The van der Waals surface area contributed by atoms with Crippen LogP contribution in [0.15, 0.2) is 0 Å². The van der Waals surface area contributed by atoms with Gasteiger partial charge in [-0.3, -0.25) is 9.59 Å². The number of nitrogens with one attached hydrogen (secondary N) is 1. The van der Waals surface area contributed by atoms with Gasteiger partial charge in [-0.2, -0.15) is 11.8 Å². The number of rotatable bonds is 4. The van der Waals surface area contributed by atoms with Crippen LogP contribution in [0.4, 0.5) is 0 Å². The molecule has 1 N–H and O–H groups in total. The van der Waals surface area contributed by atoms with Gasteiger partial charge >= 0.3 is 0 Å². The average Bonchev–Trinajstić information content (AvgIpc) is 2.30. The van der Waals surface area contributed by atoms with Crippen molar-refractivity contribution in [3.63, 3.8) is 0 Å². The van der Waals surface area contributed by atoms with Crippen LogP contribution in [0.3, 0.4) is 0 Å². The minimum absolute atomic E-state index is 0.0254. The van der Waals surface area contributed by atoms with Crippen molar-refractivity contribution in [2.45, 2.75) is 26.3 Å². The summed E-state index contributed by atoms with van der Waals surface area (Å²) in [6.45, 7) is 4.93. The second-order valence-corrected chi connectivity index (χ2v) is 5.01. The Morgan fingerprint density at radius 1 is 1.53 bits per heavy atom. The molecule has 2 amide bonds. The molecular formula is C10H18N2O2S. The predicted molar refractivity (Wildman–Crippen MR) is 61.8 cm³/mol. The Morgan fingerprint density at radius 2 is 2.27 bits per heavy atom. The molecule has 0 bridgehead atoms. The van der Waals surface area contributed by atoms with Gasteiger partial charge in [0.1, 0.15) is 0 Å². The monoisotopic (exact) mass is 230 g/mol. The van der Waals surface area contributed by atoms with Crippen molar-refractivity contribution in [2.24, 2.45) is 0 Å². The van der Waals surface area contributed by atoms with Crippen LogP contribution in [0, 0.1) is 0 Å². The molecule has 86 valence electrons. The van der Waals surface area contributed by atoms with E-state index in [4.69, 9.17) is 0 Å². The maximum Gasteiger partial charge on any atom is 0.242 e. The summed E-state index contributed by atoms with van der Waals surface area (Å²) in [4.78, 5) is 24.7. The highest BCUT2D eigenvalue weighted by Crippen LogP contribution is 2.09. The molecule has 0 saturated carbocycles. The van der Waals surface area contributed by atoms with Gasteiger partial charge in [0.15, 0.2) is 0 Å². The van der Waals surface area contributed by atoms with E-state index >= 15 is 0 Å². The Labute approximate surface area is 94.8 Å². The molecule has 1 aliphatic rings. The summed E-state index contributed by atoms with van der Waals surface area (Å²) in [5.41, 5.74) is 0. The minimum atomic E-state index is -0.0264. The molecule has 0 aromatic heterocycles. The van der Waals surface area contributed by atoms with Crippen molar-refractivity contribution in [3.8, 4) is 0 Å². The fourth-order valence-electron chi connectivity index (χ4n) is 1.62. The van der Waals surface area contributed by atoms with Crippen molar-refractivity contribution in [3.05, 3.63) is 0 Å². The molecule has 0 aromatic rings. The Balaban J connectivity index is 2.50. The Morgan fingerprint density at radius 3 is 2.93 bits per heavy atom. The number of carbonyl (C=O) groups excluding carboxylic acids is 2. The largest absolute Gasteiger partial charge is 0.347 e. The molecule has 1 saturated heterocycles. The molecule has 0 aromatic carbocycles. The third-order valence-corrected chi connectivity index (χ3v) is 3.33. The van der Waals surface area contributed by atoms with Crippen molar-refractivity contribution in [2.75, 3.05) is 24.6 Å². The summed E-state index contributed by atoms with van der Waals surface area (Å²) in [6, 6.07) is 0.0254. The van der Waals surface area contributed by atoms with E-state index in [0.29, 0.717) is 6.42 Å². The zero-order valence-corrected chi connectivity index (χ0v) is 10.1. The molecule has 1 aliphatic heterocycles. The van der Waals surface area contributed by atoms with Gasteiger partial charge in [0.2, 0.25) is 11.8 Å². The predicted octanol–water partition coefficient (Wildman–Crippen LogP) is 0.476. The normalized spacial score (nSPS) is 22.5. The van der Waals surface area contributed by atoms with E-state index in [-0.39, 0.29) is 24.4 Å². The zero-order chi connectivity index (χ0) is 11.3. The lowest BCUT2D eigenvalue weighted by Crippen LogP contribution is -2.41. The average molecular weight is 230 g/mol. The minimum Gasteiger partial charge on any atom is -0.347 e. The molecule has 5 heteroatoms. The van der Waals surface area contributed by atoms with E-state index in [2.05, 4.69) is 12.2 Å². The van der Waals surface area contributed by atoms with Crippen LogP contribution in [0.1, 0.15) is 20.3 Å². The van der Waals surface area contributed by atoms with Gasteiger partial charge in [0.05, 0.1) is 6.54 Å². The molecule has 1 fully saturated rings. The maximum absolute atomic E-state index is 11.7. The Hall–Kier alpha value is -0.710. The summed E-state index contributed by atoms with van der Waals surface area (Å²) in [6.07, 6.45) is 0.419. The first-order chi connectivity index (χ1) is 7.15. The van der Waals surface area contributed by atoms with Gasteiger partial charge in [0.25, 0.3) is 0 Å². The smallest absolute Gasteiger partial charge is 0.242 e. The molecule has 1 rings (SSSR count). The number of nitrogens with zero attached hydrogens (tertiary/aromatic N) is 1. The molecular weight excluding hydrogens is 212 g/mol. The van der Waals surface area contributed by atoms with Gasteiger partial charge in [-0.15, -0.1) is 0 Å². The van der Waals surface area contributed by atoms with E-state index < -0.39 is 0 Å². The van der Waals surface area contributed by atoms with Gasteiger partial charge in [-0.1, -0.05) is 6.92 Å². The lowest BCUT2D eigenvalue weighted by atomic mass is 10.2. The quantitative estimate of drug-likeness (QED) is 0.715. The Kier molecular flexibility index (Phi) is 4.94. The molecule has 0 spiro atoms. The van der Waals surface area contributed by atoms with Crippen molar-refractivity contribution in [1.82, 2.24) is 10.2 Å². The molecule has 15 heavy (non-hydrogen) atoms. The van der Waals surface area contributed by atoms with Gasteiger partial charge in [0, 0.05) is 24.8 Å². The van der Waals surface area contributed by atoms with Crippen LogP contribution in [0.2, 0.25) is 0 Å². The topological polar surface area (TPSA) is 49.4 Å². The highest BCUT2D eigenvalue weighted by Gasteiger charge is 2.25. The van der Waals surface area contributed by atoms with E-state index in [1.807, 2.05) is 18.7 Å². The summed E-state index contributed by atoms with van der Waals surface area (Å²) in [5.74, 6) is 2.01. The number of amides is 2. The second-order valence-electron chi connectivity index (χ2n) is 3.61. The maximum atomic E-state index is 11.7. The zero-order valence-electron chi connectivity index (χ0n) is 9.28. The number of thioether (sulfide) groups is 1. The molecule has 1 unspecified atom stereocenters. The van der Waals surface area contributed by atoms with Gasteiger partial charge in [-0.05, 0) is 12.7 Å². The summed E-state index contributed by atoms with van der Waals surface area (Å²) in [5, 5.41) is 2.61. The van der Waals surface area contributed by atoms with E-state index in [0.717, 1.165) is 18.1 Å². The fraction of sp³-hybridized carbons (Fsp3) is 0.800. The molecule has 0 radical (unpaired) electrons. The fourth-order valence-corrected chi connectivity index (χ4v) is 2.24. The van der Waals surface area contributed by atoms with Crippen LogP contribution >= 0.6 is 11.8 Å². The summed E-state index contributed by atoms with van der Waals surface area (Å²) < 4.78 is 0. The van der Waals surface area contributed by atoms with Crippen LogP contribution < -0.4 is 5.32 Å². The SMILES string of the molecule is CCSCCN1C(=O)CNC(=O)CC1C. The van der Waals surface area contributed by atoms with Crippen molar-refractivity contribution >= 4 is 23.6 Å². The van der Waals surface area contributed by atoms with Crippen molar-refractivity contribution in [1.29, 1.82) is 0 Å². The molecule has 0 aliphatic carbocycles. The van der Waals surface area contributed by atoms with Gasteiger partial charge in [-0.25, -0.2) is 0 Å². The molecule has 1 atom stereocenters. The lowest BCUT2D eigenvalue weighted by Gasteiger charge is -2.26. The van der Waals surface area contributed by atoms with Crippen LogP contribution in [-0.4, -0.2) is 47.4 Å². The van der Waals surface area contributed by atoms with E-state index in [9.17, 15) is 9.59 Å². The third-order valence-electron chi connectivity index (χ3n) is 2.45. The van der Waals surface area contributed by atoms with E-state index in [1.54, 1.807) is 4.90 Å². The van der Waals surface area contributed by atoms with E-state index in [1.165, 1.54) is 0 Å². The summed E-state index contributed by atoms with van der Waals surface area (Å²) in [7, 11) is 0. The van der Waals surface area contributed by atoms with Crippen LogP contribution in [-0.2, 0) is 9.59 Å². The highest BCUT2D eigenvalue weighted by molar-refractivity contribution is 7.99. The first kappa shape index (κ1) is 12.4.